The number of hydrogen-bond acceptors (Lipinski definition) is 19. The molecule has 0 spiro atoms. The van der Waals surface area contributed by atoms with Crippen LogP contribution in [0.3, 0.4) is 0 Å². The number of urea groups is 1. The van der Waals surface area contributed by atoms with Crippen LogP contribution in [0.2, 0.25) is 0 Å². The number of aliphatic hydroxyl groups is 1. The van der Waals surface area contributed by atoms with Crippen molar-refractivity contribution in [3.05, 3.63) is 192 Å². The Kier molecular flexibility index (Phi) is 26.3. The first-order chi connectivity index (χ1) is 53.4. The Balaban J connectivity index is 0.703. The minimum absolute atomic E-state index is 0.0165. The van der Waals surface area contributed by atoms with Gasteiger partial charge in [-0.25, -0.2) is 27.8 Å². The second-order valence-electron chi connectivity index (χ2n) is 30.4. The fourth-order valence-electron chi connectivity index (χ4n) is 15.8. The van der Waals surface area contributed by atoms with Crippen molar-refractivity contribution in [1.29, 1.82) is 0 Å². The highest BCUT2D eigenvalue weighted by Gasteiger charge is 2.47. The van der Waals surface area contributed by atoms with Gasteiger partial charge in [-0.15, -0.1) is 11.8 Å². The van der Waals surface area contributed by atoms with Gasteiger partial charge in [0.2, 0.25) is 23.4 Å². The number of nitrogens with two attached hydrogens (primary N) is 1. The number of aryl methyl sites for hydroxylation is 1. The topological polar surface area (TPSA) is 349 Å². The number of primary amides is 1. The van der Waals surface area contributed by atoms with E-state index in [-0.39, 0.29) is 116 Å². The number of thioether (sulfide) groups is 1. The van der Waals surface area contributed by atoms with Gasteiger partial charge in [0.25, 0.3) is 5.56 Å². The van der Waals surface area contributed by atoms with E-state index in [9.17, 15) is 56.4 Å². The molecule has 5 aliphatic rings. The molecule has 5 amide bonds. The van der Waals surface area contributed by atoms with Crippen LogP contribution in [0.4, 0.5) is 26.7 Å². The summed E-state index contributed by atoms with van der Waals surface area (Å²) in [7, 11) is -2.94. The Morgan fingerprint density at radius 3 is 2.30 bits per heavy atom. The second kappa shape index (κ2) is 35.6. The Bertz CT molecular complexity index is 5000. The molecule has 7 N–H and O–H groups in total. The summed E-state index contributed by atoms with van der Waals surface area (Å²) in [6.07, 6.45) is 14.6. The van der Waals surface area contributed by atoms with Crippen LogP contribution in [0.1, 0.15) is 178 Å². The molecule has 112 heavy (non-hydrogen) atoms. The number of nitrogens with zero attached hydrogens (tertiary/aromatic N) is 4. The van der Waals surface area contributed by atoms with Gasteiger partial charge in [-0.3, -0.25) is 24.0 Å². The molecule has 6 aromatic rings. The van der Waals surface area contributed by atoms with Crippen LogP contribution in [-0.2, 0) is 90.9 Å². The number of amides is 5. The lowest BCUT2D eigenvalue weighted by atomic mass is 9.81. The number of aromatic nitrogens is 2. The van der Waals surface area contributed by atoms with Gasteiger partial charge < -0.3 is 65.1 Å². The average Bonchev–Trinajstić information content (AvgIpc) is 1.51. The van der Waals surface area contributed by atoms with Crippen LogP contribution in [0.5, 0.6) is 5.75 Å². The maximum absolute atomic E-state index is 14.2. The molecule has 1 aliphatic carbocycles. The summed E-state index contributed by atoms with van der Waals surface area (Å²) in [4.78, 5) is 114. The number of hydrogen-bond donors (Lipinski definition) is 6. The molecular weight excluding hydrogens is 1470 g/mol. The number of esters is 2. The van der Waals surface area contributed by atoms with Gasteiger partial charge in [-0.1, -0.05) is 102 Å². The van der Waals surface area contributed by atoms with Crippen molar-refractivity contribution in [2.24, 2.45) is 11.7 Å². The van der Waals surface area contributed by atoms with Gasteiger partial charge >= 0.3 is 24.1 Å². The van der Waals surface area contributed by atoms with Crippen molar-refractivity contribution < 1.29 is 75.2 Å². The fourth-order valence-corrected chi connectivity index (χ4v) is 17.5. The normalized spacial score (nSPS) is 17.9. The van der Waals surface area contributed by atoms with Crippen LogP contribution in [0, 0.1) is 5.92 Å². The molecule has 25 nitrogen and oxygen atoms in total. The molecule has 0 fully saturated rings. The van der Waals surface area contributed by atoms with E-state index in [1.807, 2.05) is 25.1 Å². The smallest absolute Gasteiger partial charge is 0.514 e. The molecule has 594 valence electrons. The van der Waals surface area contributed by atoms with E-state index < -0.39 is 63.5 Å². The third kappa shape index (κ3) is 18.6. The molecule has 6 heterocycles. The summed E-state index contributed by atoms with van der Waals surface area (Å²) >= 11 is 1.65. The number of carbonyl (C=O) groups is 7. The number of pyridine rings is 2. The third-order valence-electron chi connectivity index (χ3n) is 21.8. The molecule has 0 bridgehead atoms. The van der Waals surface area contributed by atoms with Crippen molar-refractivity contribution in [1.82, 2.24) is 25.5 Å². The van der Waals surface area contributed by atoms with Gasteiger partial charge in [0.15, 0.2) is 11.3 Å². The Morgan fingerprint density at radius 2 is 1.58 bits per heavy atom. The number of fused-ring (bicyclic) bond motifs is 7. The highest BCUT2D eigenvalue weighted by Crippen LogP contribution is 2.49. The molecule has 2 aromatic heterocycles. The molecule has 4 aliphatic heterocycles. The summed E-state index contributed by atoms with van der Waals surface area (Å²) in [5.41, 5.74) is 15.9. The van der Waals surface area contributed by atoms with Gasteiger partial charge in [-0.2, -0.15) is 4.58 Å². The summed E-state index contributed by atoms with van der Waals surface area (Å²) in [6.45, 7) is 17.2. The van der Waals surface area contributed by atoms with E-state index in [1.54, 1.807) is 85.6 Å². The van der Waals surface area contributed by atoms with E-state index in [1.165, 1.54) is 12.7 Å². The summed E-state index contributed by atoms with van der Waals surface area (Å²) < 4.78 is 59.9. The maximum Gasteiger partial charge on any atom is 0.514 e. The number of ether oxygens (including phenoxy) is 4. The molecule has 0 radical (unpaired) electrons. The lowest BCUT2D eigenvalue weighted by molar-refractivity contribution is -0.438. The Labute approximate surface area is 657 Å². The standard InChI is InChI=1S/C85H101N9O16S2/c1-10-58-59-47-57(37-38-65(59)89-75-60(58)49-94-69(75)48-64-61(79(94)99)51-108-80(100)85(64,103)11-2)110-82(102)109-50-53-31-35-56(36-32-53)88-77(97)66(27-22-42-87-81(86)101)90-78(98)74(52(3)4)91-72(95)30-13-12-18-43-92-67-28-16-14-25-62(67)83(5,6)70(92)39-33-54-23-21-24-55(76(54)111-45-41-73(96)107-9)34-40-71-84(7,8)63-26-15-17-29-68(63)93(71)44-19-20-46-112(104,105)106/h14-17,25-26,28-29,31-40,47-48,52,66,74,103H,10-13,18-24,27,30,41-46,49-51H2,1-9H3,(H6-,86,87,88,90,91,95,97,98,101,104,105,106)/t66-,74-,85-/m0/s1. The SMILES string of the molecule is CCc1c2c(nc3ccc(OC(=O)OCc4ccc(NC(=O)[C@H](CCCNC(N)=O)NC(=O)[C@@H](NC(=O)CCCCC[N+]5=C(/C=C/C6=C(SCCC(=O)OC)C(=C/C=C7/N(CCCCS(=O)(=O)[O-])c8ccccc8C7(C)C)/CCC6)C(C)(C)c6ccccc65)C(C)C)cc4)cc13)-c1cc3c(c(=O)n1C2)COC(=O)[C@]3(O)CC. The molecule has 4 aromatic carbocycles. The van der Waals surface area contributed by atoms with Crippen molar-refractivity contribution in [3.8, 4) is 17.1 Å². The zero-order valence-electron chi connectivity index (χ0n) is 65.1. The van der Waals surface area contributed by atoms with Crippen molar-refractivity contribution in [2.75, 3.05) is 48.5 Å². The lowest BCUT2D eigenvalue weighted by Gasteiger charge is -2.31. The first-order valence-electron chi connectivity index (χ1n) is 38.5. The maximum atomic E-state index is 14.2. The highest BCUT2D eigenvalue weighted by atomic mass is 32.2. The predicted octanol–water partition coefficient (Wildman–Crippen LogP) is 12.2. The zero-order chi connectivity index (χ0) is 80.4. The first-order valence-corrected chi connectivity index (χ1v) is 41.1. The summed E-state index contributed by atoms with van der Waals surface area (Å²) in [6, 6.07) is 27.0. The number of carbonyl (C=O) groups excluding carboxylic acids is 7. The number of nitrogens with one attached hydrogen (secondary N) is 4. The van der Waals surface area contributed by atoms with E-state index in [2.05, 4.69) is 113 Å². The molecule has 0 saturated heterocycles. The number of benzene rings is 4. The van der Waals surface area contributed by atoms with Gasteiger partial charge in [0, 0.05) is 99.0 Å². The number of anilines is 2. The number of allylic oxidation sites excluding steroid dienone is 7. The number of methoxy groups -OCH3 is 1. The van der Waals surface area contributed by atoms with Crippen molar-refractivity contribution >= 4 is 97.4 Å². The molecule has 0 saturated carbocycles. The van der Waals surface area contributed by atoms with Crippen LogP contribution in [0.15, 0.2) is 148 Å². The molecule has 3 atom stereocenters. The molecule has 0 unspecified atom stereocenters. The summed E-state index contributed by atoms with van der Waals surface area (Å²) in [5.74, 6) is -2.59. The lowest BCUT2D eigenvalue weighted by Crippen LogP contribution is -2.54. The van der Waals surface area contributed by atoms with E-state index in [0.717, 1.165) is 81.2 Å². The van der Waals surface area contributed by atoms with Crippen LogP contribution >= 0.6 is 11.8 Å². The van der Waals surface area contributed by atoms with Crippen molar-refractivity contribution in [3.63, 3.8) is 0 Å². The van der Waals surface area contributed by atoms with Crippen LogP contribution in [0.25, 0.3) is 22.3 Å². The zero-order valence-corrected chi connectivity index (χ0v) is 66.7. The molecule has 11 rings (SSSR count). The van der Waals surface area contributed by atoms with Crippen molar-refractivity contribution in [2.45, 2.75) is 194 Å². The average molecular weight is 1570 g/mol. The number of para-hydroxylation sites is 2. The molecule has 27 heteroatoms. The number of rotatable bonds is 33. The Morgan fingerprint density at radius 1 is 0.830 bits per heavy atom. The Hall–Kier alpha value is -10.2. The monoisotopic (exact) mass is 1570 g/mol. The largest absolute Gasteiger partial charge is 0.748 e. The fraction of sp³-hybridized carbons (Fsp3) is 0.435. The van der Waals surface area contributed by atoms with E-state index in [0.29, 0.717) is 78.1 Å². The predicted molar refractivity (Wildman–Crippen MR) is 429 cm³/mol. The summed E-state index contributed by atoms with van der Waals surface area (Å²) in [5, 5.41) is 23.2. The highest BCUT2D eigenvalue weighted by molar-refractivity contribution is 8.03. The van der Waals surface area contributed by atoms with Gasteiger partial charge in [0.1, 0.15) is 37.6 Å². The first kappa shape index (κ1) is 82.7. The second-order valence-corrected chi connectivity index (χ2v) is 33.0. The van der Waals surface area contributed by atoms with Gasteiger partial charge in [-0.05, 0) is 167 Å². The van der Waals surface area contributed by atoms with Crippen LogP contribution in [-0.4, -0.2) is 130 Å². The minimum Gasteiger partial charge on any atom is -0.748 e. The molecular formula is C85H101N9O16S2. The number of cyclic esters (lactones) is 1. The number of unbranched alkanes of at least 4 members (excludes halogenated alkanes) is 3. The van der Waals surface area contributed by atoms with E-state index in [4.69, 9.17) is 29.7 Å². The van der Waals surface area contributed by atoms with E-state index >= 15 is 0 Å². The quantitative estimate of drug-likeness (QED) is 0.00556. The van der Waals surface area contributed by atoms with Crippen LogP contribution < -0.4 is 42.2 Å². The van der Waals surface area contributed by atoms with Gasteiger partial charge in [0.05, 0.1) is 58.1 Å². The third-order valence-corrected chi connectivity index (χ3v) is 23.8. The minimum atomic E-state index is -4.34.